The van der Waals surface area contributed by atoms with Crippen molar-refractivity contribution in [2.75, 3.05) is 26.2 Å². The van der Waals surface area contributed by atoms with Crippen LogP contribution in [0.5, 0.6) is 0 Å². The number of hydrogen-bond donors (Lipinski definition) is 4. The van der Waals surface area contributed by atoms with Gasteiger partial charge in [-0.3, -0.25) is 29.4 Å². The van der Waals surface area contributed by atoms with E-state index in [1.54, 1.807) is 0 Å². The molecule has 0 aromatic rings. The molecule has 0 aliphatic carbocycles. The average molecular weight is 384 g/mol. The van der Waals surface area contributed by atoms with Crippen LogP contribution in [0.25, 0.3) is 0 Å². The van der Waals surface area contributed by atoms with E-state index in [1.807, 2.05) is 13.8 Å². The molecule has 0 aromatic carbocycles. The van der Waals surface area contributed by atoms with E-state index < -0.39 is 18.0 Å². The molecule has 0 bridgehead atoms. The lowest BCUT2D eigenvalue weighted by Crippen LogP contribution is -2.43. The summed E-state index contributed by atoms with van der Waals surface area (Å²) in [7, 11) is 0. The molecule has 2 unspecified atom stereocenters. The van der Waals surface area contributed by atoms with Crippen LogP contribution in [0, 0.1) is 11.8 Å². The smallest absolute Gasteiger partial charge is 0.239 e. The van der Waals surface area contributed by atoms with Crippen LogP contribution in [0.3, 0.4) is 0 Å². The Hall–Kier alpha value is -2.33. The fraction of sp³-hybridized carbons (Fsp3) is 0.706. The third-order valence-corrected chi connectivity index (χ3v) is 4.27. The topological polar surface area (TPSA) is 145 Å². The zero-order chi connectivity index (χ0) is 20.4. The number of nitrogens with zero attached hydrogens (tertiary/aromatic N) is 1. The minimum absolute atomic E-state index is 0.109. The van der Waals surface area contributed by atoms with Gasteiger partial charge in [0.05, 0.1) is 19.6 Å². The van der Waals surface area contributed by atoms with Crippen molar-refractivity contribution in [3.05, 3.63) is 0 Å². The normalized spacial score (nSPS) is 17.9. The second-order valence-corrected chi connectivity index (χ2v) is 6.72. The summed E-state index contributed by atoms with van der Waals surface area (Å²) in [5.41, 5.74) is 0. The molecule has 1 aliphatic heterocycles. The predicted molar refractivity (Wildman–Crippen MR) is 95.0 cm³/mol. The summed E-state index contributed by atoms with van der Waals surface area (Å²) in [5, 5.41) is 17.0. The summed E-state index contributed by atoms with van der Waals surface area (Å²) in [6, 6.07) is 0. The van der Waals surface area contributed by atoms with Gasteiger partial charge in [0.2, 0.25) is 23.6 Å². The van der Waals surface area contributed by atoms with Crippen LogP contribution in [-0.4, -0.2) is 72.3 Å². The average Bonchev–Trinajstić information content (AvgIpc) is 2.91. The minimum atomic E-state index is -0.978. The zero-order valence-electron chi connectivity index (χ0n) is 15.7. The van der Waals surface area contributed by atoms with Crippen LogP contribution in [0.4, 0.5) is 0 Å². The van der Waals surface area contributed by atoms with Crippen molar-refractivity contribution < 1.29 is 29.1 Å². The Balaban J connectivity index is 2.20. The quantitative estimate of drug-likeness (QED) is 0.175. The van der Waals surface area contributed by atoms with E-state index in [0.717, 1.165) is 0 Å². The van der Waals surface area contributed by atoms with Crippen LogP contribution < -0.4 is 16.0 Å². The number of carbonyl (C=O) groups is 5. The molecule has 0 radical (unpaired) electrons. The molecule has 1 aliphatic rings. The first-order chi connectivity index (χ1) is 12.8. The lowest BCUT2D eigenvalue weighted by atomic mass is 9.94. The second kappa shape index (κ2) is 11.4. The largest absolute Gasteiger partial charge is 0.379 e. The molecule has 1 fully saturated rings. The van der Waals surface area contributed by atoms with Gasteiger partial charge in [0.25, 0.3) is 0 Å². The number of hydrogen-bond acceptors (Lipinski definition) is 7. The maximum Gasteiger partial charge on any atom is 0.239 e. The van der Waals surface area contributed by atoms with E-state index >= 15 is 0 Å². The monoisotopic (exact) mass is 384 g/mol. The highest BCUT2D eigenvalue weighted by Crippen LogP contribution is 2.26. The Kier molecular flexibility index (Phi) is 9.59. The molecule has 10 heteroatoms. The number of amides is 4. The van der Waals surface area contributed by atoms with Gasteiger partial charge >= 0.3 is 0 Å². The molecule has 1 rings (SSSR count). The van der Waals surface area contributed by atoms with Gasteiger partial charge in [0, 0.05) is 18.9 Å². The highest BCUT2D eigenvalue weighted by Gasteiger charge is 2.39. The Bertz CT molecular complexity index is 566. The maximum absolute atomic E-state index is 12.2. The van der Waals surface area contributed by atoms with Crippen LogP contribution in [0.15, 0.2) is 0 Å². The molecule has 27 heavy (non-hydrogen) atoms. The SMILES string of the molecule is CC(C)C1CC(=O)N(CCCC(O)NCC(=O)NCC(=O)NCC=O)C1=O. The van der Waals surface area contributed by atoms with Crippen molar-refractivity contribution >= 4 is 29.9 Å². The van der Waals surface area contributed by atoms with Gasteiger partial charge in [0.15, 0.2) is 0 Å². The Labute approximate surface area is 158 Å². The summed E-state index contributed by atoms with van der Waals surface area (Å²) < 4.78 is 0. The molecular weight excluding hydrogens is 356 g/mol. The van der Waals surface area contributed by atoms with Crippen molar-refractivity contribution in [1.82, 2.24) is 20.9 Å². The van der Waals surface area contributed by atoms with E-state index in [2.05, 4.69) is 16.0 Å². The molecule has 1 heterocycles. The standard InChI is InChI=1S/C17H28N4O6/c1-11(2)12-8-16(26)21(17(12)27)6-3-4-13(23)19-10-15(25)20-9-14(24)18-5-7-22/h7,11-13,19,23H,3-6,8-10H2,1-2H3,(H,18,24)(H,20,25). The van der Waals surface area contributed by atoms with Crippen LogP contribution in [0.1, 0.15) is 33.1 Å². The molecule has 10 nitrogen and oxygen atoms in total. The predicted octanol–water partition coefficient (Wildman–Crippen LogP) is -1.86. The van der Waals surface area contributed by atoms with Crippen molar-refractivity contribution in [2.45, 2.75) is 39.3 Å². The van der Waals surface area contributed by atoms with Crippen LogP contribution in [-0.2, 0) is 24.0 Å². The number of nitrogens with one attached hydrogen (secondary N) is 3. The van der Waals surface area contributed by atoms with Crippen molar-refractivity contribution in [3.8, 4) is 0 Å². The molecule has 1 saturated heterocycles. The Morgan fingerprint density at radius 2 is 1.89 bits per heavy atom. The first kappa shape index (κ1) is 22.7. The fourth-order valence-electron chi connectivity index (χ4n) is 2.68. The summed E-state index contributed by atoms with van der Waals surface area (Å²) in [4.78, 5) is 58.2. The summed E-state index contributed by atoms with van der Waals surface area (Å²) in [6.45, 7) is 3.47. The number of carbonyl (C=O) groups excluding carboxylic acids is 5. The first-order valence-corrected chi connectivity index (χ1v) is 8.99. The summed E-state index contributed by atoms with van der Waals surface area (Å²) in [6.07, 6.45) is 0.457. The van der Waals surface area contributed by atoms with Gasteiger partial charge in [-0.05, 0) is 18.8 Å². The van der Waals surface area contributed by atoms with E-state index in [1.165, 1.54) is 4.90 Å². The Morgan fingerprint density at radius 3 is 2.48 bits per heavy atom. The molecule has 0 saturated carbocycles. The lowest BCUT2D eigenvalue weighted by Gasteiger charge is -2.18. The zero-order valence-corrected chi connectivity index (χ0v) is 15.7. The third-order valence-electron chi connectivity index (χ3n) is 4.27. The first-order valence-electron chi connectivity index (χ1n) is 8.99. The van der Waals surface area contributed by atoms with Crippen molar-refractivity contribution in [2.24, 2.45) is 11.8 Å². The van der Waals surface area contributed by atoms with E-state index in [-0.39, 0.29) is 62.7 Å². The molecule has 152 valence electrons. The summed E-state index contributed by atoms with van der Waals surface area (Å²) in [5.74, 6) is -1.49. The van der Waals surface area contributed by atoms with Crippen molar-refractivity contribution in [3.63, 3.8) is 0 Å². The Morgan fingerprint density at radius 1 is 1.22 bits per heavy atom. The minimum Gasteiger partial charge on any atom is -0.379 e. The molecule has 2 atom stereocenters. The van der Waals surface area contributed by atoms with Gasteiger partial charge in [-0.15, -0.1) is 0 Å². The molecule has 0 aromatic heterocycles. The van der Waals surface area contributed by atoms with Crippen molar-refractivity contribution in [1.29, 1.82) is 0 Å². The second-order valence-electron chi connectivity index (χ2n) is 6.72. The number of likely N-dealkylation sites (tertiary alicyclic amines) is 1. The number of imide groups is 1. The molecule has 0 spiro atoms. The van der Waals surface area contributed by atoms with E-state index in [0.29, 0.717) is 12.7 Å². The molecule has 4 N–H and O–H groups in total. The van der Waals surface area contributed by atoms with E-state index in [4.69, 9.17) is 0 Å². The van der Waals surface area contributed by atoms with E-state index in [9.17, 15) is 29.1 Å². The van der Waals surface area contributed by atoms with Crippen LogP contribution >= 0.6 is 0 Å². The fourth-order valence-corrected chi connectivity index (χ4v) is 2.68. The van der Waals surface area contributed by atoms with Crippen LogP contribution in [0.2, 0.25) is 0 Å². The maximum atomic E-state index is 12.2. The van der Waals surface area contributed by atoms with Gasteiger partial charge < -0.3 is 20.5 Å². The number of aldehydes is 1. The highest BCUT2D eigenvalue weighted by molar-refractivity contribution is 6.03. The number of aliphatic hydroxyl groups is 1. The highest BCUT2D eigenvalue weighted by atomic mass is 16.3. The summed E-state index contributed by atoms with van der Waals surface area (Å²) >= 11 is 0. The number of aliphatic hydroxyl groups excluding tert-OH is 1. The van der Waals surface area contributed by atoms with Gasteiger partial charge in [-0.25, -0.2) is 0 Å². The van der Waals surface area contributed by atoms with Gasteiger partial charge in [-0.2, -0.15) is 0 Å². The van der Waals surface area contributed by atoms with Gasteiger partial charge in [-0.1, -0.05) is 13.8 Å². The third kappa shape index (κ3) is 7.83. The molecular formula is C17H28N4O6. The van der Waals surface area contributed by atoms with Gasteiger partial charge in [0.1, 0.15) is 12.5 Å². The molecule has 4 amide bonds. The number of rotatable bonds is 12. The lowest BCUT2D eigenvalue weighted by molar-refractivity contribution is -0.140.